The molecule has 0 aliphatic heterocycles. The van der Waals surface area contributed by atoms with E-state index in [1.54, 1.807) is 6.92 Å². The van der Waals surface area contributed by atoms with E-state index >= 15 is 0 Å². The highest BCUT2D eigenvalue weighted by Gasteiger charge is 2.24. The van der Waals surface area contributed by atoms with Crippen molar-refractivity contribution in [1.82, 2.24) is 0 Å². The second kappa shape index (κ2) is 5.16. The van der Waals surface area contributed by atoms with Gasteiger partial charge in [0, 0.05) is 0 Å². The summed E-state index contributed by atoms with van der Waals surface area (Å²) in [4.78, 5) is 11.8. The van der Waals surface area contributed by atoms with E-state index in [2.05, 4.69) is 0 Å². The van der Waals surface area contributed by atoms with E-state index < -0.39 is 23.5 Å². The minimum atomic E-state index is -1.12. The highest BCUT2D eigenvalue weighted by molar-refractivity contribution is 6.00. The Morgan fingerprint density at radius 1 is 1.44 bits per heavy atom. The van der Waals surface area contributed by atoms with Gasteiger partial charge in [0.05, 0.1) is 11.6 Å². The Labute approximate surface area is 93.5 Å². The van der Waals surface area contributed by atoms with Crippen molar-refractivity contribution < 1.29 is 13.6 Å². The molecule has 88 valence electrons. The zero-order chi connectivity index (χ0) is 12.3. The zero-order valence-electron chi connectivity index (χ0n) is 9.34. The fourth-order valence-electron chi connectivity index (χ4n) is 1.39. The van der Waals surface area contributed by atoms with E-state index in [9.17, 15) is 13.6 Å². The Bertz CT molecular complexity index is 393. The molecule has 1 rings (SSSR count). The Kier molecular flexibility index (Phi) is 4.12. The topological polar surface area (TPSA) is 43.1 Å². The van der Waals surface area contributed by atoms with Crippen molar-refractivity contribution in [3.8, 4) is 0 Å². The van der Waals surface area contributed by atoms with Crippen LogP contribution in [-0.4, -0.2) is 11.8 Å². The van der Waals surface area contributed by atoms with Crippen LogP contribution in [0.4, 0.5) is 8.78 Å². The Hall–Kier alpha value is -1.29. The third-order valence-electron chi connectivity index (χ3n) is 2.78. The van der Waals surface area contributed by atoms with Gasteiger partial charge < -0.3 is 5.73 Å². The van der Waals surface area contributed by atoms with Crippen LogP contribution in [0.1, 0.15) is 30.6 Å². The Morgan fingerprint density at radius 2 is 2.06 bits per heavy atom. The number of hydrogen-bond acceptors (Lipinski definition) is 2. The number of carbonyl (C=O) groups is 1. The average molecular weight is 227 g/mol. The summed E-state index contributed by atoms with van der Waals surface area (Å²) in [5.41, 5.74) is 5.41. The lowest BCUT2D eigenvalue weighted by Crippen LogP contribution is -2.37. The predicted octanol–water partition coefficient (Wildman–Crippen LogP) is 2.52. The summed E-state index contributed by atoms with van der Waals surface area (Å²) in [5.74, 6) is -2.75. The molecular weight excluding hydrogens is 212 g/mol. The second-order valence-corrected chi connectivity index (χ2v) is 3.88. The van der Waals surface area contributed by atoms with Gasteiger partial charge in [-0.2, -0.15) is 0 Å². The molecule has 0 aromatic heterocycles. The molecule has 16 heavy (non-hydrogen) atoms. The van der Waals surface area contributed by atoms with Crippen LogP contribution in [0.3, 0.4) is 0 Å². The molecule has 0 bridgehead atoms. The van der Waals surface area contributed by atoms with Crippen LogP contribution in [0.25, 0.3) is 0 Å². The fraction of sp³-hybridized carbons (Fsp3) is 0.417. The van der Waals surface area contributed by atoms with Crippen LogP contribution in [0.2, 0.25) is 0 Å². The number of carbonyl (C=O) groups excluding carboxylic acids is 1. The molecule has 0 heterocycles. The summed E-state index contributed by atoms with van der Waals surface area (Å²) < 4.78 is 26.2. The summed E-state index contributed by atoms with van der Waals surface area (Å²) in [6.45, 7) is 3.69. The first-order valence-electron chi connectivity index (χ1n) is 5.22. The van der Waals surface area contributed by atoms with E-state index in [0.29, 0.717) is 6.42 Å². The summed E-state index contributed by atoms with van der Waals surface area (Å²) in [6, 6.07) is 2.74. The van der Waals surface area contributed by atoms with Crippen molar-refractivity contribution in [3.63, 3.8) is 0 Å². The molecule has 4 heteroatoms. The van der Waals surface area contributed by atoms with Gasteiger partial charge >= 0.3 is 0 Å². The number of benzene rings is 1. The highest BCUT2D eigenvalue weighted by atomic mass is 19.2. The van der Waals surface area contributed by atoms with E-state index in [4.69, 9.17) is 5.73 Å². The zero-order valence-corrected chi connectivity index (χ0v) is 9.34. The molecule has 2 atom stereocenters. The Morgan fingerprint density at radius 3 is 2.62 bits per heavy atom. The Balaban J connectivity index is 3.01. The van der Waals surface area contributed by atoms with Crippen molar-refractivity contribution >= 4 is 5.78 Å². The first kappa shape index (κ1) is 12.8. The summed E-state index contributed by atoms with van der Waals surface area (Å²) in [7, 11) is 0. The van der Waals surface area contributed by atoms with Crippen molar-refractivity contribution in [1.29, 1.82) is 0 Å². The molecule has 2 unspecified atom stereocenters. The van der Waals surface area contributed by atoms with Crippen molar-refractivity contribution in [3.05, 3.63) is 35.4 Å². The van der Waals surface area contributed by atoms with E-state index in [0.717, 1.165) is 6.07 Å². The molecule has 0 saturated carbocycles. The molecule has 0 radical (unpaired) electrons. The quantitative estimate of drug-likeness (QED) is 0.803. The van der Waals surface area contributed by atoms with Gasteiger partial charge in [-0.15, -0.1) is 0 Å². The number of nitrogens with two attached hydrogens (primary N) is 1. The molecule has 0 saturated heterocycles. The van der Waals surface area contributed by atoms with Crippen molar-refractivity contribution in [2.75, 3.05) is 0 Å². The maximum atomic E-state index is 13.3. The number of Topliss-reactive ketones (excluding diaryl/α,β-unsaturated/α-hetero) is 1. The molecule has 0 spiro atoms. The van der Waals surface area contributed by atoms with Crippen LogP contribution >= 0.6 is 0 Å². The lowest BCUT2D eigenvalue weighted by atomic mass is 9.92. The van der Waals surface area contributed by atoms with Gasteiger partial charge in [0.1, 0.15) is 0 Å². The molecule has 0 fully saturated rings. The number of hydrogen-bond donors (Lipinski definition) is 1. The maximum absolute atomic E-state index is 13.3. The standard InChI is InChI=1S/C12H15F2NO/c1-3-7(2)11(15)12(16)8-5-4-6-9(13)10(8)14/h4-7,11H,3,15H2,1-2H3. The minimum absolute atomic E-state index is 0.0600. The highest BCUT2D eigenvalue weighted by Crippen LogP contribution is 2.16. The van der Waals surface area contributed by atoms with Crippen LogP contribution in [0.5, 0.6) is 0 Å². The third-order valence-corrected chi connectivity index (χ3v) is 2.78. The van der Waals surface area contributed by atoms with Crippen molar-refractivity contribution in [2.24, 2.45) is 11.7 Å². The van der Waals surface area contributed by atoms with E-state index in [-0.39, 0.29) is 11.5 Å². The molecule has 1 aromatic rings. The van der Waals surface area contributed by atoms with Crippen LogP contribution in [-0.2, 0) is 0 Å². The fourth-order valence-corrected chi connectivity index (χ4v) is 1.39. The smallest absolute Gasteiger partial charge is 0.182 e. The van der Waals surface area contributed by atoms with Gasteiger partial charge in [-0.05, 0) is 18.1 Å². The number of rotatable bonds is 4. The van der Waals surface area contributed by atoms with Gasteiger partial charge in [-0.1, -0.05) is 26.3 Å². The lowest BCUT2D eigenvalue weighted by molar-refractivity contribution is 0.0930. The minimum Gasteiger partial charge on any atom is -0.321 e. The van der Waals surface area contributed by atoms with E-state index in [1.807, 2.05) is 6.92 Å². The summed E-state index contributed by atoms with van der Waals surface area (Å²) in [5, 5.41) is 0. The number of ketones is 1. The number of halogens is 2. The molecule has 0 aliphatic rings. The van der Waals surface area contributed by atoms with Gasteiger partial charge in [0.2, 0.25) is 0 Å². The molecule has 2 nitrogen and oxygen atoms in total. The van der Waals surface area contributed by atoms with Gasteiger partial charge in [-0.25, -0.2) is 8.78 Å². The van der Waals surface area contributed by atoms with Crippen molar-refractivity contribution in [2.45, 2.75) is 26.3 Å². The summed E-state index contributed by atoms with van der Waals surface area (Å²) >= 11 is 0. The molecule has 0 aliphatic carbocycles. The predicted molar refractivity (Wildman–Crippen MR) is 58.1 cm³/mol. The lowest BCUT2D eigenvalue weighted by Gasteiger charge is -2.17. The second-order valence-electron chi connectivity index (χ2n) is 3.88. The van der Waals surface area contributed by atoms with Crippen LogP contribution in [0, 0.1) is 17.6 Å². The first-order chi connectivity index (χ1) is 7.49. The largest absolute Gasteiger partial charge is 0.321 e. The van der Waals surface area contributed by atoms with E-state index in [1.165, 1.54) is 12.1 Å². The van der Waals surface area contributed by atoms with Crippen LogP contribution < -0.4 is 5.73 Å². The van der Waals surface area contributed by atoms with Gasteiger partial charge in [-0.3, -0.25) is 4.79 Å². The van der Waals surface area contributed by atoms with Crippen LogP contribution in [0.15, 0.2) is 18.2 Å². The monoisotopic (exact) mass is 227 g/mol. The average Bonchev–Trinajstić information content (AvgIpc) is 2.29. The summed E-state index contributed by atoms with van der Waals surface area (Å²) in [6.07, 6.45) is 0.712. The molecule has 1 aromatic carbocycles. The molecule has 0 amide bonds. The SMILES string of the molecule is CCC(C)C(N)C(=O)c1cccc(F)c1F. The van der Waals surface area contributed by atoms with Gasteiger partial charge in [0.15, 0.2) is 17.4 Å². The first-order valence-corrected chi connectivity index (χ1v) is 5.22. The molecular formula is C12H15F2NO. The van der Waals surface area contributed by atoms with Gasteiger partial charge in [0.25, 0.3) is 0 Å². The maximum Gasteiger partial charge on any atom is 0.182 e. The normalized spacial score (nSPS) is 14.6. The molecule has 2 N–H and O–H groups in total. The third kappa shape index (κ3) is 2.44.